The Labute approximate surface area is 261 Å². The standard InChI is InChI=1S/C32H46N4O5S2/c1-23-19-24(21-42-23)30(39)36-17-18-41-32(22-36)11-15-35(16-12-32)14-8-6-4-2-3-5-7-13-33-20-27(38)25-9-10-26(37)28-29(25)43-31(40)34-28/h9-10,19,21,27,33,37-38H,2-8,11-18,20,22H2,1H3,(H,34,40). The van der Waals surface area contributed by atoms with Gasteiger partial charge in [-0.15, -0.1) is 11.3 Å². The first kappa shape index (κ1) is 32.1. The molecule has 0 bridgehead atoms. The molecular formula is C32H46N4O5S2. The zero-order chi connectivity index (χ0) is 30.2. The summed E-state index contributed by atoms with van der Waals surface area (Å²) >= 11 is 2.65. The summed E-state index contributed by atoms with van der Waals surface area (Å²) in [5.74, 6) is 0.174. The van der Waals surface area contributed by atoms with Crippen LogP contribution in [0.15, 0.2) is 28.4 Å². The van der Waals surface area contributed by atoms with Gasteiger partial charge in [-0.25, -0.2) is 0 Å². The number of phenols is 1. The number of nitrogens with zero attached hydrogens (tertiary/aromatic N) is 2. The largest absolute Gasteiger partial charge is 0.506 e. The van der Waals surface area contributed by atoms with E-state index in [1.54, 1.807) is 17.4 Å². The number of carbonyl (C=O) groups excluding carboxylic acids is 1. The van der Waals surface area contributed by atoms with Crippen LogP contribution in [0.4, 0.5) is 0 Å². The van der Waals surface area contributed by atoms with Crippen LogP contribution in [0.25, 0.3) is 10.2 Å². The number of nitrogens with one attached hydrogen (secondary N) is 2. The van der Waals surface area contributed by atoms with Crippen LogP contribution < -0.4 is 10.2 Å². The van der Waals surface area contributed by atoms with Gasteiger partial charge in [0, 0.05) is 42.0 Å². The van der Waals surface area contributed by atoms with E-state index in [2.05, 4.69) is 15.2 Å². The molecule has 43 heavy (non-hydrogen) atoms. The maximum atomic E-state index is 13.0. The van der Waals surface area contributed by atoms with Crippen molar-refractivity contribution < 1.29 is 19.7 Å². The molecule has 1 atom stereocenters. The Kier molecular flexibility index (Phi) is 11.3. The monoisotopic (exact) mass is 630 g/mol. The van der Waals surface area contributed by atoms with Crippen molar-refractivity contribution in [2.45, 2.75) is 76.4 Å². The number of aromatic nitrogens is 1. The van der Waals surface area contributed by atoms with Crippen LogP contribution in [0.2, 0.25) is 0 Å². The Morgan fingerprint density at radius 2 is 1.86 bits per heavy atom. The number of rotatable bonds is 14. The fraction of sp³-hybridized carbons (Fsp3) is 0.625. The summed E-state index contributed by atoms with van der Waals surface area (Å²) in [7, 11) is 0. The van der Waals surface area contributed by atoms with Crippen LogP contribution in [-0.2, 0) is 4.74 Å². The van der Waals surface area contributed by atoms with Gasteiger partial charge in [0.15, 0.2) is 0 Å². The number of hydrogen-bond acceptors (Lipinski definition) is 9. The van der Waals surface area contributed by atoms with Gasteiger partial charge in [0.25, 0.3) is 5.91 Å². The van der Waals surface area contributed by atoms with Gasteiger partial charge in [0.05, 0.1) is 35.1 Å². The second-order valence-electron chi connectivity index (χ2n) is 12.1. The zero-order valence-corrected chi connectivity index (χ0v) is 26.9. The Bertz CT molecular complexity index is 1390. The van der Waals surface area contributed by atoms with Crippen LogP contribution in [0.5, 0.6) is 5.75 Å². The predicted molar refractivity (Wildman–Crippen MR) is 174 cm³/mol. The molecule has 2 aromatic heterocycles. The highest BCUT2D eigenvalue weighted by atomic mass is 32.1. The Morgan fingerprint density at radius 1 is 1.12 bits per heavy atom. The van der Waals surface area contributed by atoms with Crippen molar-refractivity contribution in [3.05, 3.63) is 49.3 Å². The van der Waals surface area contributed by atoms with Gasteiger partial charge in [0.1, 0.15) is 11.3 Å². The number of carbonyl (C=O) groups is 1. The molecule has 2 saturated heterocycles. The number of thiophene rings is 1. The van der Waals surface area contributed by atoms with Crippen molar-refractivity contribution in [1.29, 1.82) is 0 Å². The van der Waals surface area contributed by atoms with Gasteiger partial charge in [-0.2, -0.15) is 0 Å². The molecule has 5 rings (SSSR count). The molecule has 9 nitrogen and oxygen atoms in total. The average Bonchev–Trinajstić information content (AvgIpc) is 3.62. The molecule has 3 aromatic rings. The van der Waals surface area contributed by atoms with Gasteiger partial charge in [0.2, 0.25) is 0 Å². The minimum absolute atomic E-state index is 0.0263. The maximum absolute atomic E-state index is 13.0. The highest BCUT2D eigenvalue weighted by molar-refractivity contribution is 7.16. The number of likely N-dealkylation sites (tertiary alicyclic amines) is 1. The number of phenolic OH excluding ortho intramolecular Hbond substituents is 1. The first-order valence-electron chi connectivity index (χ1n) is 15.8. The Morgan fingerprint density at radius 3 is 2.60 bits per heavy atom. The molecule has 4 N–H and O–H groups in total. The summed E-state index contributed by atoms with van der Waals surface area (Å²) in [5.41, 5.74) is 1.70. The fourth-order valence-electron chi connectivity index (χ4n) is 6.36. The summed E-state index contributed by atoms with van der Waals surface area (Å²) in [5, 5.41) is 25.8. The second-order valence-corrected chi connectivity index (χ2v) is 14.2. The number of morpholine rings is 1. The fourth-order valence-corrected chi connectivity index (χ4v) is 7.96. The number of benzene rings is 1. The average molecular weight is 631 g/mol. The van der Waals surface area contributed by atoms with Crippen LogP contribution in [0, 0.1) is 6.92 Å². The lowest BCUT2D eigenvalue weighted by molar-refractivity contribution is -0.127. The number of aromatic amines is 1. The molecule has 1 aromatic carbocycles. The van der Waals surface area contributed by atoms with E-state index in [1.807, 2.05) is 23.3 Å². The van der Waals surface area contributed by atoms with E-state index in [1.165, 1.54) is 49.5 Å². The molecular weight excluding hydrogens is 585 g/mol. The molecule has 1 amide bonds. The smallest absolute Gasteiger partial charge is 0.305 e. The number of aliphatic hydroxyl groups excluding tert-OH is 1. The van der Waals surface area contributed by atoms with E-state index in [4.69, 9.17) is 4.74 Å². The van der Waals surface area contributed by atoms with E-state index in [0.717, 1.165) is 62.3 Å². The third kappa shape index (κ3) is 8.46. The van der Waals surface area contributed by atoms with Crippen LogP contribution in [-0.4, -0.2) is 88.9 Å². The van der Waals surface area contributed by atoms with Crippen molar-refractivity contribution in [2.24, 2.45) is 0 Å². The van der Waals surface area contributed by atoms with E-state index < -0.39 is 6.10 Å². The van der Waals surface area contributed by atoms with Gasteiger partial charge in [-0.05, 0) is 57.8 Å². The number of aliphatic hydroxyl groups is 1. The number of aromatic hydroxyl groups is 1. The first-order valence-corrected chi connectivity index (χ1v) is 17.5. The molecule has 4 heterocycles. The van der Waals surface area contributed by atoms with E-state index >= 15 is 0 Å². The number of fused-ring (bicyclic) bond motifs is 1. The van der Waals surface area contributed by atoms with Crippen molar-refractivity contribution in [1.82, 2.24) is 20.1 Å². The zero-order valence-electron chi connectivity index (χ0n) is 25.2. The van der Waals surface area contributed by atoms with Crippen molar-refractivity contribution in [2.75, 3.05) is 52.4 Å². The van der Waals surface area contributed by atoms with E-state index in [0.29, 0.717) is 42.0 Å². The molecule has 2 fully saturated rings. The number of piperidine rings is 1. The van der Waals surface area contributed by atoms with Gasteiger partial charge < -0.3 is 35.1 Å². The Hall–Kier alpha value is -2.28. The van der Waals surface area contributed by atoms with E-state index in [9.17, 15) is 19.8 Å². The Balaban J connectivity index is 0.883. The molecule has 2 aliphatic rings. The van der Waals surface area contributed by atoms with Crippen molar-refractivity contribution in [3.63, 3.8) is 0 Å². The molecule has 0 saturated carbocycles. The lowest BCUT2D eigenvalue weighted by Gasteiger charge is -2.47. The van der Waals surface area contributed by atoms with Crippen molar-refractivity contribution >= 4 is 38.8 Å². The number of H-pyrrole nitrogens is 1. The summed E-state index contributed by atoms with van der Waals surface area (Å²) in [6, 6.07) is 5.20. The topological polar surface area (TPSA) is 118 Å². The molecule has 11 heteroatoms. The number of thiazole rings is 1. The number of ether oxygens (including phenoxy) is 1. The number of unbranched alkanes of at least 4 members (excludes halogenated alkanes) is 6. The van der Waals surface area contributed by atoms with Crippen LogP contribution in [0.3, 0.4) is 0 Å². The lowest BCUT2D eigenvalue weighted by Crippen LogP contribution is -2.58. The minimum Gasteiger partial charge on any atom is -0.506 e. The molecule has 1 unspecified atom stereocenters. The third-order valence-electron chi connectivity index (χ3n) is 8.89. The normalized spacial score (nSPS) is 18.0. The molecule has 2 aliphatic heterocycles. The number of hydrogen-bond donors (Lipinski definition) is 4. The van der Waals surface area contributed by atoms with E-state index in [-0.39, 0.29) is 22.1 Å². The first-order chi connectivity index (χ1) is 20.8. The van der Waals surface area contributed by atoms with Crippen molar-refractivity contribution in [3.8, 4) is 5.75 Å². The summed E-state index contributed by atoms with van der Waals surface area (Å²) in [4.78, 5) is 32.8. The van der Waals surface area contributed by atoms with Gasteiger partial charge in [-0.3, -0.25) is 9.59 Å². The van der Waals surface area contributed by atoms with Crippen LogP contribution in [0.1, 0.15) is 84.7 Å². The van der Waals surface area contributed by atoms with Crippen LogP contribution >= 0.6 is 22.7 Å². The molecule has 0 aliphatic carbocycles. The minimum atomic E-state index is -0.727. The molecule has 1 spiro atoms. The SMILES string of the molecule is Cc1cc(C(=O)N2CCOC3(CCN(CCCCCCCCCNCC(O)c4ccc(O)c5[nH]c(=O)sc45)CC3)C2)cs1. The molecule has 236 valence electrons. The summed E-state index contributed by atoms with van der Waals surface area (Å²) in [6.45, 7) is 8.58. The second kappa shape index (κ2) is 15.1. The molecule has 0 radical (unpaired) electrons. The summed E-state index contributed by atoms with van der Waals surface area (Å²) < 4.78 is 6.90. The quantitative estimate of drug-likeness (QED) is 0.185. The third-order valence-corrected chi connectivity index (χ3v) is 10.7. The predicted octanol–water partition coefficient (Wildman–Crippen LogP) is 5.03. The summed E-state index contributed by atoms with van der Waals surface area (Å²) in [6.07, 6.45) is 9.75. The lowest BCUT2D eigenvalue weighted by atomic mass is 9.89. The highest BCUT2D eigenvalue weighted by Crippen LogP contribution is 2.32. The van der Waals surface area contributed by atoms with Gasteiger partial charge in [-0.1, -0.05) is 49.5 Å². The highest BCUT2D eigenvalue weighted by Gasteiger charge is 2.41. The van der Waals surface area contributed by atoms with Gasteiger partial charge >= 0.3 is 4.87 Å². The maximum Gasteiger partial charge on any atom is 0.305 e. The number of aryl methyl sites for hydroxylation is 1. The number of amides is 1.